The zero-order valence-corrected chi connectivity index (χ0v) is 12.3. The number of carbonyl (C=O) groups is 2. The Balaban J connectivity index is 1.68. The number of amides is 1. The highest BCUT2D eigenvalue weighted by atomic mass is 16.4. The van der Waals surface area contributed by atoms with Gasteiger partial charge in [0.25, 0.3) is 0 Å². The van der Waals surface area contributed by atoms with Crippen LogP contribution in [-0.2, 0) is 16.1 Å². The van der Waals surface area contributed by atoms with Crippen LogP contribution in [0.1, 0.15) is 32.1 Å². The van der Waals surface area contributed by atoms with Gasteiger partial charge in [-0.15, -0.1) is 0 Å². The van der Waals surface area contributed by atoms with Gasteiger partial charge < -0.3 is 10.0 Å². The molecule has 1 amide bonds. The van der Waals surface area contributed by atoms with Crippen molar-refractivity contribution in [2.45, 2.75) is 38.6 Å². The van der Waals surface area contributed by atoms with Gasteiger partial charge in [0.15, 0.2) is 12.4 Å². The largest absolute Gasteiger partial charge is 0.481 e. The molecule has 0 aromatic carbocycles. The molecule has 5 nitrogen and oxygen atoms in total. The summed E-state index contributed by atoms with van der Waals surface area (Å²) < 4.78 is 2.10. The lowest BCUT2D eigenvalue weighted by molar-refractivity contribution is -0.697. The summed E-state index contributed by atoms with van der Waals surface area (Å²) in [6, 6.07) is 5.96. The monoisotopic (exact) mass is 291 g/mol. The van der Waals surface area contributed by atoms with Gasteiger partial charge in [-0.05, 0) is 19.3 Å². The lowest BCUT2D eigenvalue weighted by atomic mass is 9.98. The van der Waals surface area contributed by atoms with Crippen molar-refractivity contribution in [1.82, 2.24) is 4.90 Å². The van der Waals surface area contributed by atoms with Gasteiger partial charge in [0, 0.05) is 38.1 Å². The molecule has 1 atom stereocenters. The molecule has 2 heterocycles. The molecule has 1 fully saturated rings. The highest BCUT2D eigenvalue weighted by molar-refractivity contribution is 5.78. The van der Waals surface area contributed by atoms with E-state index in [9.17, 15) is 9.59 Å². The van der Waals surface area contributed by atoms with Crippen molar-refractivity contribution in [3.05, 3.63) is 30.6 Å². The van der Waals surface area contributed by atoms with Crippen LogP contribution in [0.15, 0.2) is 30.6 Å². The molecule has 0 aliphatic carbocycles. The number of unbranched alkanes of at least 4 members (excludes halogenated alkanes) is 1. The van der Waals surface area contributed by atoms with Gasteiger partial charge in [0.05, 0.1) is 5.92 Å². The summed E-state index contributed by atoms with van der Waals surface area (Å²) in [4.78, 5) is 24.8. The second-order valence-corrected chi connectivity index (χ2v) is 5.59. The number of aliphatic carboxylic acids is 1. The van der Waals surface area contributed by atoms with E-state index >= 15 is 0 Å². The lowest BCUT2D eigenvalue weighted by Crippen LogP contribution is -2.42. The highest BCUT2D eigenvalue weighted by Gasteiger charge is 2.27. The van der Waals surface area contributed by atoms with Crippen molar-refractivity contribution < 1.29 is 19.3 Å². The number of hydrogen-bond donors (Lipinski definition) is 1. The van der Waals surface area contributed by atoms with E-state index in [0.717, 1.165) is 25.8 Å². The average molecular weight is 291 g/mol. The number of hydrogen-bond acceptors (Lipinski definition) is 2. The number of likely N-dealkylation sites (tertiary alicyclic amines) is 1. The number of pyridine rings is 1. The van der Waals surface area contributed by atoms with E-state index < -0.39 is 5.97 Å². The minimum atomic E-state index is -0.784. The average Bonchev–Trinajstić information content (AvgIpc) is 2.52. The first-order valence-corrected chi connectivity index (χ1v) is 7.61. The number of rotatable bonds is 6. The molecule has 0 spiro atoms. The Morgan fingerprint density at radius 2 is 1.95 bits per heavy atom. The molecule has 0 bridgehead atoms. The Morgan fingerprint density at radius 1 is 1.19 bits per heavy atom. The standard InChI is InChI=1S/C16H22N2O3/c19-15(18-12-6-7-14(13-18)16(20)21)8-2-5-11-17-9-3-1-4-10-17/h1,3-4,9-10,14H,2,5-8,11-13H2/p+1. The Hall–Kier alpha value is -1.91. The van der Waals surface area contributed by atoms with E-state index in [0.29, 0.717) is 25.9 Å². The van der Waals surface area contributed by atoms with E-state index in [1.807, 2.05) is 30.6 Å². The maximum Gasteiger partial charge on any atom is 0.308 e. The molecule has 5 heteroatoms. The Morgan fingerprint density at radius 3 is 2.67 bits per heavy atom. The fraction of sp³-hybridized carbons (Fsp3) is 0.562. The van der Waals surface area contributed by atoms with Crippen molar-refractivity contribution in [2.75, 3.05) is 13.1 Å². The van der Waals surface area contributed by atoms with E-state index in [4.69, 9.17) is 5.11 Å². The van der Waals surface area contributed by atoms with Crippen LogP contribution in [-0.4, -0.2) is 35.0 Å². The first-order chi connectivity index (χ1) is 10.2. The summed E-state index contributed by atoms with van der Waals surface area (Å²) in [5.41, 5.74) is 0. The number of aryl methyl sites for hydroxylation is 1. The molecule has 1 aromatic rings. The van der Waals surface area contributed by atoms with Crippen molar-refractivity contribution >= 4 is 11.9 Å². The van der Waals surface area contributed by atoms with Crippen LogP contribution in [0.4, 0.5) is 0 Å². The second-order valence-electron chi connectivity index (χ2n) is 5.59. The topological polar surface area (TPSA) is 61.5 Å². The van der Waals surface area contributed by atoms with Crippen LogP contribution in [0.2, 0.25) is 0 Å². The summed E-state index contributed by atoms with van der Waals surface area (Å²) in [6.07, 6.45) is 7.82. The SMILES string of the molecule is O=C(O)C1CCCN(C(=O)CCCC[n+]2ccccc2)C1. The van der Waals surface area contributed by atoms with Crippen molar-refractivity contribution in [1.29, 1.82) is 0 Å². The molecule has 1 aliphatic heterocycles. The third-order valence-electron chi connectivity index (χ3n) is 3.96. The van der Waals surface area contributed by atoms with Gasteiger partial charge >= 0.3 is 5.97 Å². The molecule has 1 unspecified atom stereocenters. The van der Waals surface area contributed by atoms with Crippen molar-refractivity contribution in [3.8, 4) is 0 Å². The zero-order chi connectivity index (χ0) is 15.1. The van der Waals surface area contributed by atoms with Crippen LogP contribution >= 0.6 is 0 Å². The van der Waals surface area contributed by atoms with Gasteiger partial charge in [-0.3, -0.25) is 9.59 Å². The molecule has 0 radical (unpaired) electrons. The van der Waals surface area contributed by atoms with Gasteiger partial charge in [0.2, 0.25) is 5.91 Å². The first kappa shape index (κ1) is 15.5. The molecule has 114 valence electrons. The Bertz CT molecular complexity index is 476. The highest BCUT2D eigenvalue weighted by Crippen LogP contribution is 2.17. The number of piperidine rings is 1. The van der Waals surface area contributed by atoms with E-state index in [2.05, 4.69) is 4.57 Å². The first-order valence-electron chi connectivity index (χ1n) is 7.61. The molecule has 1 aliphatic rings. The lowest BCUT2D eigenvalue weighted by Gasteiger charge is -2.30. The molecule has 0 saturated carbocycles. The molecule has 1 N–H and O–H groups in total. The fourth-order valence-corrected chi connectivity index (χ4v) is 2.72. The van der Waals surface area contributed by atoms with Gasteiger partial charge in [0.1, 0.15) is 6.54 Å². The van der Waals surface area contributed by atoms with E-state index in [1.54, 1.807) is 4.90 Å². The van der Waals surface area contributed by atoms with Crippen molar-refractivity contribution in [3.63, 3.8) is 0 Å². The number of carbonyl (C=O) groups excluding carboxylic acids is 1. The van der Waals surface area contributed by atoms with Gasteiger partial charge in [-0.2, -0.15) is 0 Å². The number of aromatic nitrogens is 1. The van der Waals surface area contributed by atoms with Crippen LogP contribution in [0.3, 0.4) is 0 Å². The molecule has 1 saturated heterocycles. The number of carboxylic acids is 1. The molecule has 1 aromatic heterocycles. The summed E-state index contributed by atoms with van der Waals surface area (Å²) in [7, 11) is 0. The predicted octanol–water partition coefficient (Wildman–Crippen LogP) is 1.47. The van der Waals surface area contributed by atoms with Gasteiger partial charge in [-0.25, -0.2) is 4.57 Å². The predicted molar refractivity (Wildman–Crippen MR) is 77.4 cm³/mol. The summed E-state index contributed by atoms with van der Waals surface area (Å²) in [5.74, 6) is -1.07. The zero-order valence-electron chi connectivity index (χ0n) is 12.3. The van der Waals surface area contributed by atoms with Crippen molar-refractivity contribution in [2.24, 2.45) is 5.92 Å². The molecule has 21 heavy (non-hydrogen) atoms. The number of nitrogens with zero attached hydrogens (tertiary/aromatic N) is 2. The van der Waals surface area contributed by atoms with Crippen LogP contribution < -0.4 is 4.57 Å². The number of carboxylic acid groups (broad SMARTS) is 1. The smallest absolute Gasteiger partial charge is 0.308 e. The normalized spacial score (nSPS) is 18.5. The van der Waals surface area contributed by atoms with Crippen LogP contribution in [0.25, 0.3) is 0 Å². The third-order valence-corrected chi connectivity index (χ3v) is 3.96. The maximum absolute atomic E-state index is 12.1. The summed E-state index contributed by atoms with van der Waals surface area (Å²) >= 11 is 0. The summed E-state index contributed by atoms with van der Waals surface area (Å²) in [5, 5.41) is 9.04. The third kappa shape index (κ3) is 4.85. The Labute approximate surface area is 125 Å². The fourth-order valence-electron chi connectivity index (χ4n) is 2.72. The second kappa shape index (κ2) is 7.76. The minimum absolute atomic E-state index is 0.0963. The maximum atomic E-state index is 12.1. The summed E-state index contributed by atoms with van der Waals surface area (Å²) in [6.45, 7) is 1.99. The van der Waals surface area contributed by atoms with Gasteiger partial charge in [-0.1, -0.05) is 6.07 Å². The quantitative estimate of drug-likeness (QED) is 0.638. The molecular weight excluding hydrogens is 268 g/mol. The molecular formula is C16H23N2O3+. The molecule has 2 rings (SSSR count). The minimum Gasteiger partial charge on any atom is -0.481 e. The van der Waals surface area contributed by atoms with E-state index in [1.165, 1.54) is 0 Å². The van der Waals surface area contributed by atoms with Crippen LogP contribution in [0.5, 0.6) is 0 Å². The van der Waals surface area contributed by atoms with Crippen LogP contribution in [0, 0.1) is 5.92 Å². The van der Waals surface area contributed by atoms with E-state index in [-0.39, 0.29) is 11.8 Å². The Kier molecular flexibility index (Phi) is 5.72.